The van der Waals surface area contributed by atoms with Crippen LogP contribution in [0.3, 0.4) is 0 Å². The molecule has 0 aliphatic heterocycles. The Balaban J connectivity index is 2.16. The number of aromatic carboxylic acids is 1. The van der Waals surface area contributed by atoms with E-state index in [-0.39, 0.29) is 29.5 Å². The SMILES string of the molecule is Cn1ncc2c(NC3(C(F)(F)F)CC3)c(C(=O)O)cnc21. The molecule has 1 fully saturated rings. The predicted molar refractivity (Wildman–Crippen MR) is 67.1 cm³/mol. The quantitative estimate of drug-likeness (QED) is 0.908. The zero-order valence-corrected chi connectivity index (χ0v) is 10.9. The molecule has 21 heavy (non-hydrogen) atoms. The number of carboxylic acids is 1. The molecule has 0 amide bonds. The number of fused-ring (bicyclic) bond motifs is 1. The molecule has 2 N–H and O–H groups in total. The molecule has 1 saturated carbocycles. The summed E-state index contributed by atoms with van der Waals surface area (Å²) in [7, 11) is 1.58. The lowest BCUT2D eigenvalue weighted by Crippen LogP contribution is -2.39. The highest BCUT2D eigenvalue weighted by molar-refractivity contribution is 6.03. The summed E-state index contributed by atoms with van der Waals surface area (Å²) in [5.41, 5.74) is -2.12. The van der Waals surface area contributed by atoms with Crippen LogP contribution in [0, 0.1) is 0 Å². The Morgan fingerprint density at radius 2 is 2.10 bits per heavy atom. The third-order valence-corrected chi connectivity index (χ3v) is 3.65. The molecule has 0 saturated heterocycles. The standard InChI is InChI=1S/C12H11F3N4O2/c1-19-9-6(5-17-19)8(7(4-16-9)10(20)21)18-11(2-3-11)12(13,14)15/h4-5H,2-3H2,1H3,(H,16,18)(H,20,21). The van der Waals surface area contributed by atoms with Crippen LogP contribution in [0.15, 0.2) is 12.4 Å². The van der Waals surface area contributed by atoms with Gasteiger partial charge in [-0.05, 0) is 12.8 Å². The highest BCUT2D eigenvalue weighted by Crippen LogP contribution is 2.52. The van der Waals surface area contributed by atoms with Gasteiger partial charge >= 0.3 is 12.1 Å². The highest BCUT2D eigenvalue weighted by Gasteiger charge is 2.63. The summed E-state index contributed by atoms with van der Waals surface area (Å²) in [5.74, 6) is -1.34. The topological polar surface area (TPSA) is 80.0 Å². The fourth-order valence-corrected chi connectivity index (χ4v) is 2.24. The second-order valence-corrected chi connectivity index (χ2v) is 5.06. The monoisotopic (exact) mass is 300 g/mol. The van der Waals surface area contributed by atoms with Crippen LogP contribution in [0.25, 0.3) is 11.0 Å². The van der Waals surface area contributed by atoms with Crippen LogP contribution < -0.4 is 5.32 Å². The van der Waals surface area contributed by atoms with Crippen molar-refractivity contribution in [1.82, 2.24) is 14.8 Å². The van der Waals surface area contributed by atoms with Crippen molar-refractivity contribution in [3.63, 3.8) is 0 Å². The van der Waals surface area contributed by atoms with Gasteiger partial charge in [-0.25, -0.2) is 9.78 Å². The molecule has 0 atom stereocenters. The molecule has 0 spiro atoms. The van der Waals surface area contributed by atoms with Crippen LogP contribution in [0.1, 0.15) is 23.2 Å². The summed E-state index contributed by atoms with van der Waals surface area (Å²) in [4.78, 5) is 15.2. The Bertz CT molecular complexity index is 734. The summed E-state index contributed by atoms with van der Waals surface area (Å²) in [6.45, 7) is 0. The van der Waals surface area contributed by atoms with Crippen molar-refractivity contribution in [1.29, 1.82) is 0 Å². The first-order chi connectivity index (χ1) is 9.75. The average Bonchev–Trinajstić information content (AvgIpc) is 3.08. The number of rotatable bonds is 3. The number of hydrogen-bond acceptors (Lipinski definition) is 4. The van der Waals surface area contributed by atoms with Gasteiger partial charge in [-0.1, -0.05) is 0 Å². The number of carbonyl (C=O) groups is 1. The molecule has 0 unspecified atom stereocenters. The predicted octanol–water partition coefficient (Wildman–Crippen LogP) is 2.17. The van der Waals surface area contributed by atoms with Gasteiger partial charge in [0.05, 0.1) is 17.3 Å². The van der Waals surface area contributed by atoms with Crippen molar-refractivity contribution >= 4 is 22.7 Å². The highest BCUT2D eigenvalue weighted by atomic mass is 19.4. The Morgan fingerprint density at radius 3 is 2.62 bits per heavy atom. The number of aryl methyl sites for hydroxylation is 1. The molecule has 1 aliphatic rings. The number of nitrogens with zero attached hydrogens (tertiary/aromatic N) is 3. The number of hydrogen-bond donors (Lipinski definition) is 2. The molecule has 112 valence electrons. The fraction of sp³-hybridized carbons (Fsp3) is 0.417. The van der Waals surface area contributed by atoms with Crippen molar-refractivity contribution in [3.05, 3.63) is 18.0 Å². The van der Waals surface area contributed by atoms with E-state index in [2.05, 4.69) is 15.4 Å². The van der Waals surface area contributed by atoms with E-state index in [9.17, 15) is 18.0 Å². The van der Waals surface area contributed by atoms with Gasteiger partial charge in [-0.2, -0.15) is 18.3 Å². The maximum atomic E-state index is 13.1. The first-order valence-corrected chi connectivity index (χ1v) is 6.14. The maximum absolute atomic E-state index is 13.1. The number of carboxylic acid groups (broad SMARTS) is 1. The van der Waals surface area contributed by atoms with Gasteiger partial charge in [-0.3, -0.25) is 4.68 Å². The Hall–Kier alpha value is -2.32. The number of halogens is 3. The molecule has 0 aromatic carbocycles. The second-order valence-electron chi connectivity index (χ2n) is 5.06. The van der Waals surface area contributed by atoms with E-state index < -0.39 is 17.7 Å². The molecule has 9 heteroatoms. The van der Waals surface area contributed by atoms with Gasteiger partial charge in [0.2, 0.25) is 0 Å². The summed E-state index contributed by atoms with van der Waals surface area (Å²) >= 11 is 0. The van der Waals surface area contributed by atoms with E-state index in [1.165, 1.54) is 10.9 Å². The van der Waals surface area contributed by atoms with E-state index in [1.807, 2.05) is 0 Å². The molecular weight excluding hydrogens is 289 g/mol. The number of aromatic nitrogens is 3. The summed E-state index contributed by atoms with van der Waals surface area (Å²) < 4.78 is 40.6. The van der Waals surface area contributed by atoms with Crippen molar-refractivity contribution in [3.8, 4) is 0 Å². The minimum Gasteiger partial charge on any atom is -0.478 e. The van der Waals surface area contributed by atoms with Crippen molar-refractivity contribution in [2.45, 2.75) is 24.6 Å². The van der Waals surface area contributed by atoms with Crippen molar-refractivity contribution < 1.29 is 23.1 Å². The van der Waals surface area contributed by atoms with Crippen LogP contribution in [-0.4, -0.2) is 37.6 Å². The van der Waals surface area contributed by atoms with E-state index in [0.29, 0.717) is 5.65 Å². The van der Waals surface area contributed by atoms with Gasteiger partial charge in [-0.15, -0.1) is 0 Å². The summed E-state index contributed by atoms with van der Waals surface area (Å²) in [6, 6.07) is 0. The largest absolute Gasteiger partial charge is 0.478 e. The zero-order valence-electron chi connectivity index (χ0n) is 10.9. The van der Waals surface area contributed by atoms with Gasteiger partial charge in [0.1, 0.15) is 11.1 Å². The fourth-order valence-electron chi connectivity index (χ4n) is 2.24. The van der Waals surface area contributed by atoms with Crippen LogP contribution in [-0.2, 0) is 7.05 Å². The van der Waals surface area contributed by atoms with Gasteiger partial charge in [0.25, 0.3) is 0 Å². The van der Waals surface area contributed by atoms with E-state index in [4.69, 9.17) is 5.11 Å². The Morgan fingerprint density at radius 1 is 1.43 bits per heavy atom. The van der Waals surface area contributed by atoms with Crippen molar-refractivity contribution in [2.75, 3.05) is 5.32 Å². The molecule has 2 aromatic heterocycles. The summed E-state index contributed by atoms with van der Waals surface area (Å²) in [6.07, 6.45) is -2.26. The van der Waals surface area contributed by atoms with Crippen molar-refractivity contribution in [2.24, 2.45) is 7.05 Å². The third-order valence-electron chi connectivity index (χ3n) is 3.65. The van der Waals surface area contributed by atoms with E-state index in [1.54, 1.807) is 7.05 Å². The molecule has 0 radical (unpaired) electrons. The normalized spacial score (nSPS) is 17.0. The van der Waals surface area contributed by atoms with Crippen LogP contribution >= 0.6 is 0 Å². The first kappa shape index (κ1) is 13.7. The van der Waals surface area contributed by atoms with Gasteiger partial charge in [0, 0.05) is 13.2 Å². The number of nitrogens with one attached hydrogen (secondary N) is 1. The second kappa shape index (κ2) is 4.09. The minimum absolute atomic E-state index is 0.0837. The van der Waals surface area contributed by atoms with Crippen LogP contribution in [0.5, 0.6) is 0 Å². The average molecular weight is 300 g/mol. The maximum Gasteiger partial charge on any atom is 0.411 e. The minimum atomic E-state index is -4.44. The van der Waals surface area contributed by atoms with Gasteiger partial charge < -0.3 is 10.4 Å². The van der Waals surface area contributed by atoms with E-state index >= 15 is 0 Å². The molecule has 3 rings (SSSR count). The number of alkyl halides is 3. The zero-order chi connectivity index (χ0) is 15.4. The summed E-state index contributed by atoms with van der Waals surface area (Å²) in [5, 5.41) is 15.7. The lowest BCUT2D eigenvalue weighted by atomic mass is 10.1. The Labute approximate surface area is 116 Å². The van der Waals surface area contributed by atoms with Crippen LogP contribution in [0.2, 0.25) is 0 Å². The smallest absolute Gasteiger partial charge is 0.411 e. The molecule has 0 bridgehead atoms. The van der Waals surface area contributed by atoms with Crippen LogP contribution in [0.4, 0.5) is 18.9 Å². The third kappa shape index (κ3) is 1.99. The Kier molecular flexibility index (Phi) is 2.66. The van der Waals surface area contributed by atoms with E-state index in [0.717, 1.165) is 6.20 Å². The molecule has 2 heterocycles. The molecular formula is C12H11F3N4O2. The van der Waals surface area contributed by atoms with Gasteiger partial charge in [0.15, 0.2) is 5.65 Å². The first-order valence-electron chi connectivity index (χ1n) is 6.14. The number of pyridine rings is 1. The molecule has 2 aromatic rings. The lowest BCUT2D eigenvalue weighted by Gasteiger charge is -2.23. The number of anilines is 1. The molecule has 6 nitrogen and oxygen atoms in total. The molecule has 1 aliphatic carbocycles. The lowest BCUT2D eigenvalue weighted by molar-refractivity contribution is -0.151.